The number of anilines is 6. The molecule has 10 aromatic carbocycles. The van der Waals surface area contributed by atoms with Gasteiger partial charge in [0.25, 0.3) is 0 Å². The molecule has 0 aliphatic rings. The van der Waals surface area contributed by atoms with Gasteiger partial charge in [-0.25, -0.2) is 0 Å². The van der Waals surface area contributed by atoms with Crippen molar-refractivity contribution in [3.8, 4) is 0 Å². The lowest BCUT2D eigenvalue weighted by Gasteiger charge is -2.25. The molecule has 5 nitrogen and oxygen atoms in total. The number of aryl methyl sites for hydroxylation is 1. The van der Waals surface area contributed by atoms with Crippen LogP contribution in [-0.2, 0) is 0 Å². The van der Waals surface area contributed by atoms with Gasteiger partial charge in [0.1, 0.15) is 22.3 Å². The fraction of sp³-hybridized carbons (Fsp3) is 0.0667. The van der Waals surface area contributed by atoms with Crippen LogP contribution in [0.4, 0.5) is 34.1 Å². The van der Waals surface area contributed by atoms with E-state index in [1.807, 2.05) is 0 Å². The Labute approximate surface area is 382 Å². The molecule has 13 rings (SSSR count). The van der Waals surface area contributed by atoms with Gasteiger partial charge in [-0.2, -0.15) is 0 Å². The molecule has 0 saturated heterocycles. The molecular weight excluding hydrogens is 825 g/mol. The summed E-state index contributed by atoms with van der Waals surface area (Å²) in [5.41, 5.74) is 12.7. The number of furan rings is 3. The molecule has 3 aromatic heterocycles. The predicted octanol–water partition coefficient (Wildman–Crippen LogP) is 17.5. The van der Waals surface area contributed by atoms with Crippen LogP contribution in [0.25, 0.3) is 87.4 Å². The zero-order chi connectivity index (χ0) is 44.3. The molecule has 0 spiro atoms. The molecule has 66 heavy (non-hydrogen) atoms. The Balaban J connectivity index is 0.936. The highest BCUT2D eigenvalue weighted by atomic mass is 28.3. The standard InChI is InChI=1S/C60H44N2O3Si/c1-37-15-11-20-46-47-21-12-24-52(58(47)64-57(37)46)61(42-16-7-5-8-17-42)44-29-27-38-33-50-51-34-39-28-30-45(32-41(39)36-55(51)63-54(50)35-40(38)31-44)62(43-18-9-6-10-19-43)53-25-13-22-48-49-23-14-26-56(66(2,3)4)60(49)65-59(48)53/h5-36H,1-4H3. The molecule has 0 bridgehead atoms. The molecule has 0 aliphatic heterocycles. The van der Waals surface area contributed by atoms with Crippen molar-refractivity contribution >= 4 is 135 Å². The van der Waals surface area contributed by atoms with Crippen molar-refractivity contribution in [3.63, 3.8) is 0 Å². The number of hydrogen-bond acceptors (Lipinski definition) is 5. The smallest absolute Gasteiger partial charge is 0.159 e. The Morgan fingerprint density at radius 2 is 0.788 bits per heavy atom. The lowest BCUT2D eigenvalue weighted by molar-refractivity contribution is 0.666. The average Bonchev–Trinajstić information content (AvgIpc) is 4.03. The second kappa shape index (κ2) is 14.5. The van der Waals surface area contributed by atoms with Gasteiger partial charge in [-0.1, -0.05) is 129 Å². The van der Waals surface area contributed by atoms with Gasteiger partial charge in [-0.15, -0.1) is 0 Å². The van der Waals surface area contributed by atoms with Gasteiger partial charge in [0.2, 0.25) is 0 Å². The summed E-state index contributed by atoms with van der Waals surface area (Å²) in [5, 5.41) is 12.5. The van der Waals surface area contributed by atoms with Crippen molar-refractivity contribution in [2.75, 3.05) is 9.80 Å². The minimum absolute atomic E-state index is 0.853. The third kappa shape index (κ3) is 5.99. The first-order valence-electron chi connectivity index (χ1n) is 22.6. The van der Waals surface area contributed by atoms with Crippen LogP contribution in [0.5, 0.6) is 0 Å². The van der Waals surface area contributed by atoms with E-state index in [9.17, 15) is 0 Å². The highest BCUT2D eigenvalue weighted by Gasteiger charge is 2.26. The second-order valence-corrected chi connectivity index (χ2v) is 23.6. The molecule has 0 aliphatic carbocycles. The number of nitrogens with zero attached hydrogens (tertiary/aromatic N) is 2. The molecule has 0 radical (unpaired) electrons. The van der Waals surface area contributed by atoms with E-state index in [1.165, 1.54) is 10.6 Å². The van der Waals surface area contributed by atoms with Crippen LogP contribution in [0.3, 0.4) is 0 Å². The largest absolute Gasteiger partial charge is 0.456 e. The molecule has 0 unspecified atom stereocenters. The zero-order valence-electron chi connectivity index (χ0n) is 37.1. The second-order valence-electron chi connectivity index (χ2n) is 18.6. The zero-order valence-corrected chi connectivity index (χ0v) is 38.1. The molecule has 0 N–H and O–H groups in total. The third-order valence-electron chi connectivity index (χ3n) is 13.4. The van der Waals surface area contributed by atoms with Crippen molar-refractivity contribution < 1.29 is 13.3 Å². The molecule has 0 saturated carbocycles. The van der Waals surface area contributed by atoms with Crippen molar-refractivity contribution in [1.29, 1.82) is 0 Å². The van der Waals surface area contributed by atoms with E-state index in [2.05, 4.69) is 230 Å². The number of benzene rings is 10. The number of rotatable bonds is 7. The lowest BCUT2D eigenvalue weighted by Crippen LogP contribution is -2.37. The van der Waals surface area contributed by atoms with E-state index < -0.39 is 8.07 Å². The summed E-state index contributed by atoms with van der Waals surface area (Å²) >= 11 is 0. The van der Waals surface area contributed by atoms with Crippen LogP contribution in [-0.4, -0.2) is 8.07 Å². The summed E-state index contributed by atoms with van der Waals surface area (Å²) in [6.45, 7) is 9.25. The maximum Gasteiger partial charge on any atom is 0.159 e. The van der Waals surface area contributed by atoms with Crippen LogP contribution in [0, 0.1) is 6.92 Å². The monoisotopic (exact) mass is 868 g/mol. The van der Waals surface area contributed by atoms with E-state index in [-0.39, 0.29) is 0 Å². The van der Waals surface area contributed by atoms with Crippen LogP contribution >= 0.6 is 0 Å². The summed E-state index contributed by atoms with van der Waals surface area (Å²) in [5.74, 6) is 0. The summed E-state index contributed by atoms with van der Waals surface area (Å²) < 4.78 is 20.4. The normalized spacial score (nSPS) is 12.2. The third-order valence-corrected chi connectivity index (χ3v) is 15.4. The molecule has 0 fully saturated rings. The van der Waals surface area contributed by atoms with Gasteiger partial charge >= 0.3 is 0 Å². The molecule has 6 heteroatoms. The first kappa shape index (κ1) is 38.4. The molecule has 0 amide bonds. The highest BCUT2D eigenvalue weighted by molar-refractivity contribution is 6.90. The molecule has 3 heterocycles. The van der Waals surface area contributed by atoms with E-state index in [0.29, 0.717) is 0 Å². The van der Waals surface area contributed by atoms with E-state index >= 15 is 0 Å². The van der Waals surface area contributed by atoms with E-state index in [4.69, 9.17) is 13.3 Å². The van der Waals surface area contributed by atoms with E-state index in [1.54, 1.807) is 0 Å². The average molecular weight is 869 g/mol. The fourth-order valence-corrected chi connectivity index (χ4v) is 11.7. The Morgan fingerprint density at radius 3 is 1.30 bits per heavy atom. The maximum absolute atomic E-state index is 6.95. The van der Waals surface area contributed by atoms with Gasteiger partial charge in [0, 0.05) is 55.1 Å². The van der Waals surface area contributed by atoms with Gasteiger partial charge in [0.15, 0.2) is 11.2 Å². The van der Waals surface area contributed by atoms with Crippen LogP contribution in [0.1, 0.15) is 5.56 Å². The summed E-state index contributed by atoms with van der Waals surface area (Å²) in [7, 11) is -1.68. The van der Waals surface area contributed by atoms with Crippen molar-refractivity contribution in [2.24, 2.45) is 0 Å². The van der Waals surface area contributed by atoms with Crippen LogP contribution < -0.4 is 15.0 Å². The molecule has 13 aromatic rings. The number of fused-ring (bicyclic) bond motifs is 11. The SMILES string of the molecule is Cc1cccc2c1oc1c(N(c3ccccc3)c3ccc4cc5c(cc4c3)oc3cc4cc(N(c6ccccc6)c6cccc7c6oc6c([Si](C)(C)C)cccc67)ccc4cc35)cccc12. The Morgan fingerprint density at radius 1 is 0.333 bits per heavy atom. The summed E-state index contributed by atoms with van der Waals surface area (Å²) in [6, 6.07) is 69.4. The van der Waals surface area contributed by atoms with Crippen molar-refractivity contribution in [3.05, 3.63) is 200 Å². The number of para-hydroxylation sites is 6. The number of hydrogen-bond donors (Lipinski definition) is 0. The highest BCUT2D eigenvalue weighted by Crippen LogP contribution is 2.46. The first-order valence-corrected chi connectivity index (χ1v) is 26.1. The lowest BCUT2D eigenvalue weighted by atomic mass is 10.0. The Kier molecular flexibility index (Phi) is 8.42. The maximum atomic E-state index is 6.95. The molecular formula is C60H44N2O3Si. The Bertz CT molecular complexity index is 4060. The van der Waals surface area contributed by atoms with E-state index in [0.717, 1.165) is 122 Å². The molecule has 0 atom stereocenters. The fourth-order valence-electron chi connectivity index (χ4n) is 10.2. The minimum Gasteiger partial charge on any atom is -0.456 e. The first-order chi connectivity index (χ1) is 32.2. The quantitative estimate of drug-likeness (QED) is 0.149. The Hall–Kier alpha value is -8.06. The summed E-state index contributed by atoms with van der Waals surface area (Å²) in [4.78, 5) is 4.62. The van der Waals surface area contributed by atoms with Gasteiger partial charge < -0.3 is 23.1 Å². The topological polar surface area (TPSA) is 45.9 Å². The summed E-state index contributed by atoms with van der Waals surface area (Å²) in [6.07, 6.45) is 0. The molecule has 316 valence electrons. The van der Waals surface area contributed by atoms with Gasteiger partial charge in [0.05, 0.1) is 19.4 Å². The predicted molar refractivity (Wildman–Crippen MR) is 280 cm³/mol. The van der Waals surface area contributed by atoms with Crippen LogP contribution in [0.2, 0.25) is 19.6 Å². The van der Waals surface area contributed by atoms with Gasteiger partial charge in [-0.05, 0) is 124 Å². The van der Waals surface area contributed by atoms with Crippen LogP contribution in [0.15, 0.2) is 207 Å². The van der Waals surface area contributed by atoms with Crippen molar-refractivity contribution in [2.45, 2.75) is 26.6 Å². The van der Waals surface area contributed by atoms with Gasteiger partial charge in [-0.3, -0.25) is 0 Å². The van der Waals surface area contributed by atoms with Crippen molar-refractivity contribution in [1.82, 2.24) is 0 Å². The minimum atomic E-state index is -1.68.